The lowest BCUT2D eigenvalue weighted by molar-refractivity contribution is -0.146. The fourth-order valence-electron chi connectivity index (χ4n) is 4.23. The zero-order chi connectivity index (χ0) is 17.8. The Balaban J connectivity index is 2.15. The molecule has 2 heterocycles. The molecule has 0 aromatic carbocycles. The van der Waals surface area contributed by atoms with E-state index in [0.717, 1.165) is 0 Å². The Morgan fingerprint density at radius 3 is 1.08 bits per heavy atom. The maximum absolute atomic E-state index is 12.4. The van der Waals surface area contributed by atoms with Crippen molar-refractivity contribution in [1.29, 1.82) is 0 Å². The highest BCUT2D eigenvalue weighted by Crippen LogP contribution is 2.52. The molecule has 0 aromatic rings. The number of hydrogen-bond donors (Lipinski definition) is 2. The highest BCUT2D eigenvalue weighted by Gasteiger charge is 2.67. The Labute approximate surface area is 135 Å². The number of carbonyl (C=O) groups excluding carboxylic acids is 6. The minimum atomic E-state index is -1.28. The van der Waals surface area contributed by atoms with Crippen LogP contribution >= 0.6 is 0 Å². The van der Waals surface area contributed by atoms with Crippen LogP contribution in [0.25, 0.3) is 0 Å². The second-order valence-electron chi connectivity index (χ2n) is 6.02. The normalized spacial score (nSPS) is 38.4. The summed E-state index contributed by atoms with van der Waals surface area (Å²) in [6.07, 6.45) is 0.656. The van der Waals surface area contributed by atoms with Gasteiger partial charge in [-0.2, -0.15) is 0 Å². The Morgan fingerprint density at radius 1 is 0.667 bits per heavy atom. The lowest BCUT2D eigenvalue weighted by atomic mass is 9.59. The fraction of sp³-hybridized carbons (Fsp3) is 0.571. The van der Waals surface area contributed by atoms with E-state index in [4.69, 9.17) is 0 Å². The Morgan fingerprint density at radius 2 is 0.917 bits per heavy atom. The van der Waals surface area contributed by atoms with Gasteiger partial charge < -0.3 is 19.8 Å². The maximum Gasteiger partial charge on any atom is 0.235 e. The summed E-state index contributed by atoms with van der Waals surface area (Å²) in [5, 5.41) is 18.4. The van der Waals surface area contributed by atoms with Crippen LogP contribution in [0.15, 0.2) is 0 Å². The number of nitrogens with zero attached hydrogens (tertiary/aromatic N) is 2. The summed E-state index contributed by atoms with van der Waals surface area (Å²) in [6, 6.07) is 0. The van der Waals surface area contributed by atoms with Crippen LogP contribution in [0.2, 0.25) is 0 Å². The Hall–Kier alpha value is -2.46. The summed E-state index contributed by atoms with van der Waals surface area (Å²) >= 11 is 0. The minimum Gasteiger partial charge on any atom is -0.376 e. The quantitative estimate of drug-likeness (QED) is 0.400. The van der Waals surface area contributed by atoms with Gasteiger partial charge in [-0.15, -0.1) is 0 Å². The van der Waals surface area contributed by atoms with E-state index in [-0.39, 0.29) is 0 Å². The largest absolute Gasteiger partial charge is 0.376 e. The third kappa shape index (κ3) is 1.77. The van der Waals surface area contributed by atoms with E-state index in [1.54, 1.807) is 0 Å². The molecule has 0 aromatic heterocycles. The molecule has 2 saturated heterocycles. The number of amides is 4. The zero-order valence-electron chi connectivity index (χ0n) is 12.3. The van der Waals surface area contributed by atoms with Gasteiger partial charge in [0.1, 0.15) is 26.0 Å². The highest BCUT2D eigenvalue weighted by molar-refractivity contribution is 6.12. The standard InChI is InChI=1S/C14H14N2O8/c17-1-5-7-9(13(23)15(3-19)11(7)21)6(2-18)10-8(5)12(22)16(4-20)14(10)24/h1-2,5-10,19-20H,3-4H2. The molecule has 1 aliphatic carbocycles. The highest BCUT2D eigenvalue weighted by atomic mass is 16.3. The van der Waals surface area contributed by atoms with Crippen molar-refractivity contribution in [2.45, 2.75) is 0 Å². The summed E-state index contributed by atoms with van der Waals surface area (Å²) in [5.41, 5.74) is 0. The number of likely N-dealkylation sites (tertiary alicyclic amines) is 2. The first kappa shape index (κ1) is 16.4. The number of fused-ring (bicyclic) bond motifs is 2. The van der Waals surface area contributed by atoms with Crippen LogP contribution in [0.1, 0.15) is 0 Å². The number of aliphatic hydroxyl groups is 2. The van der Waals surface area contributed by atoms with Gasteiger partial charge in [-0.05, 0) is 0 Å². The third-order valence-electron chi connectivity index (χ3n) is 5.23. The van der Waals surface area contributed by atoms with Crippen LogP contribution in [0.4, 0.5) is 0 Å². The molecule has 3 rings (SSSR count). The van der Waals surface area contributed by atoms with Crippen molar-refractivity contribution < 1.29 is 39.0 Å². The molecule has 3 aliphatic rings. The average Bonchev–Trinajstić information content (AvgIpc) is 2.97. The molecule has 1 saturated carbocycles. The molecule has 4 amide bonds. The van der Waals surface area contributed by atoms with Gasteiger partial charge >= 0.3 is 0 Å². The van der Waals surface area contributed by atoms with Crippen LogP contribution in [-0.2, 0) is 28.8 Å². The summed E-state index contributed by atoms with van der Waals surface area (Å²) in [7, 11) is 0. The average molecular weight is 338 g/mol. The number of imide groups is 2. The van der Waals surface area contributed by atoms with Gasteiger partial charge in [0.05, 0.1) is 23.7 Å². The topological polar surface area (TPSA) is 149 Å². The molecule has 0 spiro atoms. The molecular formula is C14H14N2O8. The van der Waals surface area contributed by atoms with Gasteiger partial charge in [0, 0.05) is 11.8 Å². The van der Waals surface area contributed by atoms with Gasteiger partial charge in [-0.25, -0.2) is 0 Å². The summed E-state index contributed by atoms with van der Waals surface area (Å²) in [5.74, 6) is -11.1. The van der Waals surface area contributed by atoms with Crippen molar-refractivity contribution >= 4 is 36.2 Å². The van der Waals surface area contributed by atoms with E-state index in [0.29, 0.717) is 22.4 Å². The van der Waals surface area contributed by atoms with Crippen LogP contribution in [-0.4, -0.2) is 69.7 Å². The van der Waals surface area contributed by atoms with Crippen molar-refractivity contribution in [3.8, 4) is 0 Å². The fourth-order valence-corrected chi connectivity index (χ4v) is 4.23. The number of rotatable bonds is 4. The van der Waals surface area contributed by atoms with E-state index >= 15 is 0 Å². The second kappa shape index (κ2) is 5.56. The number of carbonyl (C=O) groups is 6. The molecule has 2 aliphatic heterocycles. The van der Waals surface area contributed by atoms with Crippen molar-refractivity contribution in [1.82, 2.24) is 9.80 Å². The first-order valence-corrected chi connectivity index (χ1v) is 7.27. The van der Waals surface area contributed by atoms with Crippen molar-refractivity contribution in [3.05, 3.63) is 0 Å². The van der Waals surface area contributed by atoms with Crippen molar-refractivity contribution in [2.75, 3.05) is 13.5 Å². The van der Waals surface area contributed by atoms with E-state index in [1.807, 2.05) is 0 Å². The SMILES string of the molecule is O=CC1C2C(=O)N(CO)C(=O)C2C(C=O)C2C(=O)N(CO)C(=O)C12. The first-order chi connectivity index (χ1) is 11.4. The predicted octanol–water partition coefficient (Wildman–Crippen LogP) is -3.27. The molecular weight excluding hydrogens is 324 g/mol. The molecule has 10 heteroatoms. The Kier molecular flexibility index (Phi) is 3.80. The van der Waals surface area contributed by atoms with E-state index in [9.17, 15) is 39.0 Å². The molecule has 3 fully saturated rings. The lowest BCUT2D eigenvalue weighted by Crippen LogP contribution is -2.50. The smallest absolute Gasteiger partial charge is 0.235 e. The third-order valence-corrected chi connectivity index (χ3v) is 5.23. The van der Waals surface area contributed by atoms with E-state index in [2.05, 4.69) is 0 Å². The monoisotopic (exact) mass is 338 g/mol. The van der Waals surface area contributed by atoms with Gasteiger partial charge in [0.2, 0.25) is 23.6 Å². The molecule has 0 radical (unpaired) electrons. The second-order valence-corrected chi connectivity index (χ2v) is 6.02. The molecule has 2 N–H and O–H groups in total. The molecule has 4 atom stereocenters. The number of hydrogen-bond acceptors (Lipinski definition) is 8. The summed E-state index contributed by atoms with van der Waals surface area (Å²) in [6.45, 7) is -1.83. The van der Waals surface area contributed by atoms with Crippen molar-refractivity contribution in [3.63, 3.8) is 0 Å². The van der Waals surface area contributed by atoms with Gasteiger partial charge in [-0.3, -0.25) is 29.0 Å². The Bertz CT molecular complexity index is 561. The van der Waals surface area contributed by atoms with E-state index in [1.165, 1.54) is 0 Å². The van der Waals surface area contributed by atoms with Crippen LogP contribution < -0.4 is 0 Å². The number of aldehydes is 2. The summed E-state index contributed by atoms with van der Waals surface area (Å²) in [4.78, 5) is 73.6. The maximum atomic E-state index is 12.4. The lowest BCUT2D eigenvalue weighted by Gasteiger charge is -2.37. The van der Waals surface area contributed by atoms with Gasteiger partial charge in [0.15, 0.2) is 0 Å². The van der Waals surface area contributed by atoms with Crippen LogP contribution in [0.3, 0.4) is 0 Å². The molecule has 0 bridgehead atoms. The zero-order valence-corrected chi connectivity index (χ0v) is 12.3. The molecule has 4 unspecified atom stereocenters. The van der Waals surface area contributed by atoms with Crippen molar-refractivity contribution in [2.24, 2.45) is 35.5 Å². The minimum absolute atomic E-state index is 0.328. The number of aliphatic hydroxyl groups excluding tert-OH is 2. The summed E-state index contributed by atoms with van der Waals surface area (Å²) < 4.78 is 0. The molecule has 128 valence electrons. The van der Waals surface area contributed by atoms with Crippen LogP contribution in [0.5, 0.6) is 0 Å². The molecule has 24 heavy (non-hydrogen) atoms. The van der Waals surface area contributed by atoms with E-state index < -0.39 is 72.6 Å². The van der Waals surface area contributed by atoms with Crippen LogP contribution in [0, 0.1) is 35.5 Å². The van der Waals surface area contributed by atoms with Gasteiger partial charge in [-0.1, -0.05) is 0 Å². The molecule has 10 nitrogen and oxygen atoms in total. The first-order valence-electron chi connectivity index (χ1n) is 7.27. The van der Waals surface area contributed by atoms with Gasteiger partial charge in [0.25, 0.3) is 0 Å². The predicted molar refractivity (Wildman–Crippen MR) is 70.9 cm³/mol.